The monoisotopic (exact) mass is 259 g/mol. The zero-order valence-electron chi connectivity index (χ0n) is 11.1. The predicted molar refractivity (Wildman–Crippen MR) is 73.8 cm³/mol. The van der Waals surface area contributed by atoms with Gasteiger partial charge in [-0.3, -0.25) is 9.59 Å². The summed E-state index contributed by atoms with van der Waals surface area (Å²) in [7, 11) is 0. The van der Waals surface area contributed by atoms with Gasteiger partial charge in [-0.15, -0.1) is 0 Å². The van der Waals surface area contributed by atoms with Crippen LogP contribution in [0.5, 0.6) is 0 Å². The lowest BCUT2D eigenvalue weighted by atomic mass is 10.1. The first-order valence-corrected chi connectivity index (χ1v) is 6.28. The van der Waals surface area contributed by atoms with Crippen molar-refractivity contribution in [3.63, 3.8) is 0 Å². The van der Waals surface area contributed by atoms with Gasteiger partial charge < -0.3 is 5.32 Å². The van der Waals surface area contributed by atoms with Gasteiger partial charge in [0.05, 0.1) is 5.71 Å². The van der Waals surface area contributed by atoms with Crippen molar-refractivity contribution < 1.29 is 9.59 Å². The fourth-order valence-corrected chi connectivity index (χ4v) is 1.61. The van der Waals surface area contributed by atoms with Crippen molar-refractivity contribution >= 4 is 23.2 Å². The minimum atomic E-state index is -0.201. The zero-order chi connectivity index (χ0) is 13.8. The van der Waals surface area contributed by atoms with Crippen LogP contribution >= 0.6 is 0 Å². The van der Waals surface area contributed by atoms with Gasteiger partial charge in [0.25, 0.3) is 0 Å². The van der Waals surface area contributed by atoms with E-state index in [4.69, 9.17) is 0 Å². The lowest BCUT2D eigenvalue weighted by Gasteiger charge is -2.06. The fraction of sp³-hybridized carbons (Fsp3) is 0.357. The van der Waals surface area contributed by atoms with Crippen molar-refractivity contribution in [3.05, 3.63) is 29.8 Å². The topological polar surface area (TPSA) is 70.6 Å². The van der Waals surface area contributed by atoms with Gasteiger partial charge in [-0.1, -0.05) is 12.1 Å². The summed E-state index contributed by atoms with van der Waals surface area (Å²) in [4.78, 5) is 22.3. The minimum absolute atomic E-state index is 0.0939. The SMILES string of the molecule is CC(=O)N/N=C(/C)c1ccc(NC(=O)C2CC2)cc1. The molecule has 2 rings (SSSR count). The minimum Gasteiger partial charge on any atom is -0.326 e. The van der Waals surface area contributed by atoms with E-state index in [1.807, 2.05) is 31.2 Å². The Morgan fingerprint density at radius 3 is 2.32 bits per heavy atom. The van der Waals surface area contributed by atoms with Crippen LogP contribution in [0.3, 0.4) is 0 Å². The molecule has 0 unspecified atom stereocenters. The molecule has 0 atom stereocenters. The van der Waals surface area contributed by atoms with E-state index >= 15 is 0 Å². The number of rotatable bonds is 4. The standard InChI is InChI=1S/C14H17N3O2/c1-9(16-17-10(2)18)11-5-7-13(8-6-11)15-14(19)12-3-4-12/h5-8,12H,3-4H2,1-2H3,(H,15,19)(H,17,18)/b16-9-. The Balaban J connectivity index is 1.99. The third-order valence-corrected chi connectivity index (χ3v) is 2.90. The maximum atomic E-state index is 11.6. The van der Waals surface area contributed by atoms with Crippen LogP contribution in [-0.2, 0) is 9.59 Å². The molecule has 1 aliphatic rings. The van der Waals surface area contributed by atoms with Crippen LogP contribution in [0.1, 0.15) is 32.3 Å². The summed E-state index contributed by atoms with van der Waals surface area (Å²) < 4.78 is 0. The maximum Gasteiger partial charge on any atom is 0.236 e. The fourth-order valence-electron chi connectivity index (χ4n) is 1.61. The van der Waals surface area contributed by atoms with E-state index < -0.39 is 0 Å². The first kappa shape index (κ1) is 13.3. The molecular formula is C14H17N3O2. The van der Waals surface area contributed by atoms with Crippen LogP contribution in [0.4, 0.5) is 5.69 Å². The molecular weight excluding hydrogens is 242 g/mol. The Labute approximate surface area is 112 Å². The van der Waals surface area contributed by atoms with Crippen molar-refractivity contribution in [1.82, 2.24) is 5.43 Å². The summed E-state index contributed by atoms with van der Waals surface area (Å²) in [6.45, 7) is 3.22. The average Bonchev–Trinajstić information content (AvgIpc) is 3.21. The van der Waals surface area contributed by atoms with Crippen molar-refractivity contribution in [2.75, 3.05) is 5.32 Å². The summed E-state index contributed by atoms with van der Waals surface area (Å²) in [6, 6.07) is 7.40. The normalized spacial score (nSPS) is 14.9. The smallest absolute Gasteiger partial charge is 0.236 e. The van der Waals surface area contributed by atoms with Crippen molar-refractivity contribution in [2.45, 2.75) is 26.7 Å². The summed E-state index contributed by atoms with van der Waals surface area (Å²) in [5.41, 5.74) is 4.80. The number of nitrogens with one attached hydrogen (secondary N) is 2. The van der Waals surface area contributed by atoms with Crippen LogP contribution in [-0.4, -0.2) is 17.5 Å². The Morgan fingerprint density at radius 2 is 1.79 bits per heavy atom. The molecule has 0 heterocycles. The van der Waals surface area contributed by atoms with Crippen LogP contribution in [0, 0.1) is 5.92 Å². The third kappa shape index (κ3) is 3.91. The highest BCUT2D eigenvalue weighted by molar-refractivity contribution is 6.00. The van der Waals surface area contributed by atoms with Gasteiger partial charge in [-0.05, 0) is 37.5 Å². The van der Waals surface area contributed by atoms with Gasteiger partial charge in [0, 0.05) is 18.5 Å². The van der Waals surface area contributed by atoms with Gasteiger partial charge in [0.15, 0.2) is 0 Å². The van der Waals surface area contributed by atoms with E-state index in [0.29, 0.717) is 0 Å². The second kappa shape index (κ2) is 5.65. The molecule has 0 bridgehead atoms. The van der Waals surface area contributed by atoms with E-state index in [1.54, 1.807) is 0 Å². The number of benzene rings is 1. The predicted octanol–water partition coefficient (Wildman–Crippen LogP) is 1.90. The van der Waals surface area contributed by atoms with Crippen LogP contribution in [0.2, 0.25) is 0 Å². The molecule has 1 aromatic rings. The molecule has 100 valence electrons. The lowest BCUT2D eigenvalue weighted by Crippen LogP contribution is -2.15. The second-order valence-corrected chi connectivity index (χ2v) is 4.71. The van der Waals surface area contributed by atoms with E-state index in [0.717, 1.165) is 29.8 Å². The highest BCUT2D eigenvalue weighted by atomic mass is 16.2. The largest absolute Gasteiger partial charge is 0.326 e. The molecule has 0 radical (unpaired) electrons. The number of nitrogens with zero attached hydrogens (tertiary/aromatic N) is 1. The van der Waals surface area contributed by atoms with Crippen molar-refractivity contribution in [1.29, 1.82) is 0 Å². The van der Waals surface area contributed by atoms with E-state index in [-0.39, 0.29) is 17.7 Å². The number of anilines is 1. The maximum absolute atomic E-state index is 11.6. The van der Waals surface area contributed by atoms with Gasteiger partial charge in [-0.2, -0.15) is 5.10 Å². The number of hydrazone groups is 1. The molecule has 0 aromatic heterocycles. The summed E-state index contributed by atoms with van der Waals surface area (Å²) in [5.74, 6) is 0.0896. The summed E-state index contributed by atoms with van der Waals surface area (Å²) in [5, 5.41) is 6.82. The van der Waals surface area contributed by atoms with E-state index in [2.05, 4.69) is 15.8 Å². The molecule has 5 heteroatoms. The Bertz CT molecular complexity index is 516. The van der Waals surface area contributed by atoms with Crippen molar-refractivity contribution in [2.24, 2.45) is 11.0 Å². The third-order valence-electron chi connectivity index (χ3n) is 2.90. The van der Waals surface area contributed by atoms with Gasteiger partial charge in [0.1, 0.15) is 0 Å². The highest BCUT2D eigenvalue weighted by Gasteiger charge is 2.29. The molecule has 2 N–H and O–H groups in total. The van der Waals surface area contributed by atoms with E-state index in [9.17, 15) is 9.59 Å². The molecule has 1 fully saturated rings. The first-order valence-electron chi connectivity index (χ1n) is 6.28. The summed E-state index contributed by atoms with van der Waals surface area (Å²) in [6.07, 6.45) is 1.98. The molecule has 19 heavy (non-hydrogen) atoms. The van der Waals surface area contributed by atoms with Gasteiger partial charge >= 0.3 is 0 Å². The molecule has 0 spiro atoms. The second-order valence-electron chi connectivity index (χ2n) is 4.71. The molecule has 1 aromatic carbocycles. The number of carbonyl (C=O) groups is 2. The molecule has 1 saturated carbocycles. The molecule has 0 aliphatic heterocycles. The van der Waals surface area contributed by atoms with E-state index in [1.165, 1.54) is 6.92 Å². The van der Waals surface area contributed by atoms with Crippen LogP contribution < -0.4 is 10.7 Å². The zero-order valence-corrected chi connectivity index (χ0v) is 11.1. The molecule has 2 amide bonds. The molecule has 1 aliphatic carbocycles. The quantitative estimate of drug-likeness (QED) is 0.640. The van der Waals surface area contributed by atoms with Gasteiger partial charge in [-0.25, -0.2) is 5.43 Å². The number of amides is 2. The Morgan fingerprint density at radius 1 is 1.16 bits per heavy atom. The number of carbonyl (C=O) groups excluding carboxylic acids is 2. The number of hydrogen-bond donors (Lipinski definition) is 2. The highest BCUT2D eigenvalue weighted by Crippen LogP contribution is 2.30. The first-order chi connectivity index (χ1) is 9.06. The number of hydrogen-bond acceptors (Lipinski definition) is 3. The lowest BCUT2D eigenvalue weighted by molar-refractivity contribution is -0.119. The molecule has 5 nitrogen and oxygen atoms in total. The summed E-state index contributed by atoms with van der Waals surface area (Å²) >= 11 is 0. The van der Waals surface area contributed by atoms with Crippen LogP contribution in [0.25, 0.3) is 0 Å². The van der Waals surface area contributed by atoms with Crippen molar-refractivity contribution in [3.8, 4) is 0 Å². The average molecular weight is 259 g/mol. The van der Waals surface area contributed by atoms with Gasteiger partial charge in [0.2, 0.25) is 11.8 Å². The Hall–Kier alpha value is -2.17. The Kier molecular flexibility index (Phi) is 3.94. The molecule has 0 saturated heterocycles. The van der Waals surface area contributed by atoms with Crippen LogP contribution in [0.15, 0.2) is 29.4 Å².